The van der Waals surface area contributed by atoms with Crippen LogP contribution < -0.4 is 19.7 Å². The van der Waals surface area contributed by atoms with E-state index in [1.54, 1.807) is 12.4 Å². The van der Waals surface area contributed by atoms with Crippen molar-refractivity contribution in [2.45, 2.75) is 6.92 Å². The number of aromatic nitrogens is 2. The number of fused-ring (bicyclic) bond motifs is 1. The Bertz CT molecular complexity index is 1130. The van der Waals surface area contributed by atoms with E-state index in [0.717, 1.165) is 17.1 Å². The van der Waals surface area contributed by atoms with Gasteiger partial charge in [-0.05, 0) is 24.6 Å². The molecule has 32 heavy (non-hydrogen) atoms. The fraction of sp³-hybridized carbons (Fsp3) is 0.292. The average Bonchev–Trinajstić information content (AvgIpc) is 2.84. The van der Waals surface area contributed by atoms with Gasteiger partial charge < -0.3 is 24.6 Å². The molecule has 3 heterocycles. The van der Waals surface area contributed by atoms with Gasteiger partial charge in [0.05, 0.1) is 5.69 Å². The molecule has 1 fully saturated rings. The molecule has 5 rings (SSSR count). The molecule has 0 unspecified atom stereocenters. The smallest absolute Gasteiger partial charge is 0.321 e. The highest BCUT2D eigenvalue weighted by Gasteiger charge is 2.23. The van der Waals surface area contributed by atoms with Crippen LogP contribution in [0.2, 0.25) is 0 Å². The van der Waals surface area contributed by atoms with Gasteiger partial charge in [-0.15, -0.1) is 0 Å². The molecule has 0 radical (unpaired) electrons. The maximum atomic E-state index is 12.8. The Balaban J connectivity index is 1.21. The SMILES string of the molecule is Cc1ccccc1-c1cc(N2CCN(C(=O)Nc3ccc4c(c3)OCCO4)CC2)ncn1. The number of piperazine rings is 1. The van der Waals surface area contributed by atoms with Gasteiger partial charge in [0.15, 0.2) is 11.5 Å². The second-order valence-corrected chi connectivity index (χ2v) is 7.84. The predicted octanol–water partition coefficient (Wildman–Crippen LogP) is 3.58. The van der Waals surface area contributed by atoms with Gasteiger partial charge in [0.25, 0.3) is 0 Å². The highest BCUT2D eigenvalue weighted by Crippen LogP contribution is 2.32. The van der Waals surface area contributed by atoms with E-state index in [1.807, 2.05) is 35.2 Å². The second-order valence-electron chi connectivity index (χ2n) is 7.84. The molecule has 0 bridgehead atoms. The zero-order valence-corrected chi connectivity index (χ0v) is 18.0. The maximum Gasteiger partial charge on any atom is 0.321 e. The third-order valence-corrected chi connectivity index (χ3v) is 5.76. The van der Waals surface area contributed by atoms with Crippen molar-refractivity contribution in [2.75, 3.05) is 49.6 Å². The average molecular weight is 431 g/mol. The molecule has 2 amide bonds. The first-order valence-corrected chi connectivity index (χ1v) is 10.8. The van der Waals surface area contributed by atoms with Crippen molar-refractivity contribution in [2.24, 2.45) is 0 Å². The molecular weight excluding hydrogens is 406 g/mol. The topological polar surface area (TPSA) is 79.8 Å². The summed E-state index contributed by atoms with van der Waals surface area (Å²) in [5, 5.41) is 2.96. The van der Waals surface area contributed by atoms with Gasteiger partial charge in [-0.1, -0.05) is 24.3 Å². The molecule has 1 saturated heterocycles. The molecular formula is C24H25N5O3. The summed E-state index contributed by atoms with van der Waals surface area (Å²) in [5.74, 6) is 2.25. The van der Waals surface area contributed by atoms with Crippen molar-refractivity contribution < 1.29 is 14.3 Å². The van der Waals surface area contributed by atoms with Gasteiger partial charge in [0, 0.05) is 49.6 Å². The van der Waals surface area contributed by atoms with E-state index in [0.29, 0.717) is 56.6 Å². The van der Waals surface area contributed by atoms with Crippen LogP contribution in [0.4, 0.5) is 16.3 Å². The first kappa shape index (κ1) is 20.1. The molecule has 0 aliphatic carbocycles. The van der Waals surface area contributed by atoms with Gasteiger partial charge >= 0.3 is 6.03 Å². The number of amides is 2. The van der Waals surface area contributed by atoms with E-state index >= 15 is 0 Å². The molecule has 2 aliphatic heterocycles. The van der Waals surface area contributed by atoms with E-state index in [9.17, 15) is 4.79 Å². The van der Waals surface area contributed by atoms with Crippen LogP contribution in [-0.4, -0.2) is 60.3 Å². The quantitative estimate of drug-likeness (QED) is 0.683. The van der Waals surface area contributed by atoms with Crippen LogP contribution in [0.5, 0.6) is 11.5 Å². The first-order chi connectivity index (χ1) is 15.7. The zero-order chi connectivity index (χ0) is 21.9. The van der Waals surface area contributed by atoms with Crippen LogP contribution in [0.15, 0.2) is 54.9 Å². The number of hydrogen-bond acceptors (Lipinski definition) is 6. The first-order valence-electron chi connectivity index (χ1n) is 10.8. The molecule has 2 aliphatic rings. The van der Waals surface area contributed by atoms with Crippen molar-refractivity contribution >= 4 is 17.5 Å². The maximum absolute atomic E-state index is 12.8. The monoisotopic (exact) mass is 431 g/mol. The van der Waals surface area contributed by atoms with Crippen molar-refractivity contribution in [1.29, 1.82) is 0 Å². The minimum atomic E-state index is -0.121. The Hall–Kier alpha value is -3.81. The standard InChI is InChI=1S/C24H25N5O3/c1-17-4-2-3-5-19(17)20-15-23(26-16-25-20)28-8-10-29(11-9-28)24(30)27-18-6-7-21-22(14-18)32-13-12-31-21/h2-7,14-16H,8-13H2,1H3,(H,27,30). The summed E-state index contributed by atoms with van der Waals surface area (Å²) < 4.78 is 11.1. The summed E-state index contributed by atoms with van der Waals surface area (Å²) >= 11 is 0. The van der Waals surface area contributed by atoms with E-state index in [2.05, 4.69) is 39.2 Å². The third-order valence-electron chi connectivity index (χ3n) is 5.76. The minimum Gasteiger partial charge on any atom is -0.486 e. The minimum absolute atomic E-state index is 0.121. The van der Waals surface area contributed by atoms with E-state index in [-0.39, 0.29) is 6.03 Å². The molecule has 2 aromatic carbocycles. The number of nitrogens with one attached hydrogen (secondary N) is 1. The van der Waals surface area contributed by atoms with Crippen LogP contribution in [0.3, 0.4) is 0 Å². The van der Waals surface area contributed by atoms with E-state index in [1.165, 1.54) is 5.56 Å². The highest BCUT2D eigenvalue weighted by atomic mass is 16.6. The highest BCUT2D eigenvalue weighted by molar-refractivity contribution is 5.90. The summed E-state index contributed by atoms with van der Waals surface area (Å²) in [4.78, 5) is 25.7. The van der Waals surface area contributed by atoms with Gasteiger partial charge in [-0.3, -0.25) is 0 Å². The van der Waals surface area contributed by atoms with E-state index in [4.69, 9.17) is 9.47 Å². The number of aryl methyl sites for hydroxylation is 1. The number of carbonyl (C=O) groups is 1. The molecule has 0 saturated carbocycles. The zero-order valence-electron chi connectivity index (χ0n) is 18.0. The number of anilines is 2. The largest absolute Gasteiger partial charge is 0.486 e. The number of rotatable bonds is 3. The van der Waals surface area contributed by atoms with Crippen molar-refractivity contribution in [3.05, 3.63) is 60.4 Å². The van der Waals surface area contributed by atoms with Gasteiger partial charge in [0.1, 0.15) is 25.4 Å². The fourth-order valence-corrected chi connectivity index (χ4v) is 3.99. The van der Waals surface area contributed by atoms with Crippen molar-refractivity contribution in [3.8, 4) is 22.8 Å². The third kappa shape index (κ3) is 4.16. The molecule has 0 spiro atoms. The lowest BCUT2D eigenvalue weighted by Gasteiger charge is -2.35. The summed E-state index contributed by atoms with van der Waals surface area (Å²) in [6.45, 7) is 5.77. The summed E-state index contributed by atoms with van der Waals surface area (Å²) in [6, 6.07) is 15.5. The summed E-state index contributed by atoms with van der Waals surface area (Å²) in [7, 11) is 0. The van der Waals surface area contributed by atoms with Crippen LogP contribution >= 0.6 is 0 Å². The van der Waals surface area contributed by atoms with E-state index < -0.39 is 0 Å². The number of hydrogen-bond donors (Lipinski definition) is 1. The Labute approximate surface area is 186 Å². The number of benzene rings is 2. The second kappa shape index (κ2) is 8.74. The molecule has 0 atom stereocenters. The fourth-order valence-electron chi connectivity index (χ4n) is 3.99. The Kier molecular flexibility index (Phi) is 5.49. The van der Waals surface area contributed by atoms with Gasteiger partial charge in [-0.2, -0.15) is 0 Å². The van der Waals surface area contributed by atoms with Gasteiger partial charge in [0.2, 0.25) is 0 Å². The normalized spacial score (nSPS) is 15.4. The molecule has 1 aromatic heterocycles. The predicted molar refractivity (Wildman–Crippen MR) is 122 cm³/mol. The van der Waals surface area contributed by atoms with Crippen LogP contribution in [-0.2, 0) is 0 Å². The van der Waals surface area contributed by atoms with Crippen LogP contribution in [0.1, 0.15) is 5.56 Å². The summed E-state index contributed by atoms with van der Waals surface area (Å²) in [5.41, 5.74) is 3.89. The Morgan fingerprint density at radius 1 is 0.938 bits per heavy atom. The lowest BCUT2D eigenvalue weighted by Crippen LogP contribution is -2.50. The lowest BCUT2D eigenvalue weighted by molar-refractivity contribution is 0.171. The van der Waals surface area contributed by atoms with Crippen molar-refractivity contribution in [1.82, 2.24) is 14.9 Å². The van der Waals surface area contributed by atoms with Crippen LogP contribution in [0.25, 0.3) is 11.3 Å². The van der Waals surface area contributed by atoms with Gasteiger partial charge in [-0.25, -0.2) is 14.8 Å². The van der Waals surface area contributed by atoms with Crippen LogP contribution in [0, 0.1) is 6.92 Å². The molecule has 3 aromatic rings. The molecule has 164 valence electrons. The number of nitrogens with zero attached hydrogens (tertiary/aromatic N) is 4. The summed E-state index contributed by atoms with van der Waals surface area (Å²) in [6.07, 6.45) is 1.61. The molecule has 1 N–H and O–H groups in total. The Morgan fingerprint density at radius 3 is 2.53 bits per heavy atom. The van der Waals surface area contributed by atoms with Crippen molar-refractivity contribution in [3.63, 3.8) is 0 Å². The molecule has 8 nitrogen and oxygen atoms in total. The number of ether oxygens (including phenoxy) is 2. The lowest BCUT2D eigenvalue weighted by atomic mass is 10.1. The number of urea groups is 1. The molecule has 8 heteroatoms. The Morgan fingerprint density at radius 2 is 1.72 bits per heavy atom. The number of carbonyl (C=O) groups excluding carboxylic acids is 1.